The molecule has 1 unspecified atom stereocenters. The Morgan fingerprint density at radius 3 is 2.64 bits per heavy atom. The van der Waals surface area contributed by atoms with Crippen LogP contribution in [0.3, 0.4) is 0 Å². The van der Waals surface area contributed by atoms with Crippen LogP contribution in [0.5, 0.6) is 11.5 Å². The zero-order chi connectivity index (χ0) is 19.5. The molecule has 0 aliphatic carbocycles. The van der Waals surface area contributed by atoms with Gasteiger partial charge in [-0.2, -0.15) is 4.98 Å². The van der Waals surface area contributed by atoms with Gasteiger partial charge in [-0.15, -0.1) is 0 Å². The minimum Gasteiger partial charge on any atom is -0.493 e. The normalized spacial score (nSPS) is 17.0. The molecule has 1 aromatic heterocycles. The first kappa shape index (κ1) is 18.4. The van der Waals surface area contributed by atoms with Gasteiger partial charge in [0.2, 0.25) is 11.7 Å². The van der Waals surface area contributed by atoms with Crippen molar-refractivity contribution in [3.63, 3.8) is 0 Å². The maximum absolute atomic E-state index is 13.1. The number of nitrogens with zero attached hydrogens (tertiary/aromatic N) is 3. The average Bonchev–Trinajstić information content (AvgIpc) is 3.38. The first-order valence-corrected chi connectivity index (χ1v) is 9.22. The summed E-state index contributed by atoms with van der Waals surface area (Å²) >= 11 is 0. The highest BCUT2D eigenvalue weighted by atomic mass is 19.1. The predicted molar refractivity (Wildman–Crippen MR) is 102 cm³/mol. The van der Waals surface area contributed by atoms with E-state index in [2.05, 4.69) is 21.1 Å². The van der Waals surface area contributed by atoms with Gasteiger partial charge in [0.15, 0.2) is 11.5 Å². The number of ether oxygens (including phenoxy) is 2. The molecule has 3 aromatic rings. The standard InChI is InChI=1S/C21H22FN3O3/c1-26-18-10-7-15(12-19(18)27-2)17-4-3-11-25(17)13-20-23-21(24-28-20)14-5-8-16(22)9-6-14/h5-10,12,17H,3-4,11,13H2,1-2H3. The van der Waals surface area contributed by atoms with Gasteiger partial charge in [0.05, 0.1) is 20.8 Å². The molecule has 28 heavy (non-hydrogen) atoms. The van der Waals surface area contributed by atoms with Gasteiger partial charge < -0.3 is 14.0 Å². The largest absolute Gasteiger partial charge is 0.493 e. The smallest absolute Gasteiger partial charge is 0.241 e. The topological polar surface area (TPSA) is 60.6 Å². The first-order valence-electron chi connectivity index (χ1n) is 9.22. The summed E-state index contributed by atoms with van der Waals surface area (Å²) in [5.74, 6) is 2.17. The zero-order valence-corrected chi connectivity index (χ0v) is 15.9. The van der Waals surface area contributed by atoms with E-state index in [0.717, 1.165) is 36.4 Å². The molecule has 0 amide bonds. The van der Waals surface area contributed by atoms with Crippen LogP contribution in [-0.2, 0) is 6.54 Å². The molecule has 0 N–H and O–H groups in total. The summed E-state index contributed by atoms with van der Waals surface area (Å²) in [4.78, 5) is 6.80. The second-order valence-electron chi connectivity index (χ2n) is 6.76. The van der Waals surface area contributed by atoms with E-state index in [9.17, 15) is 4.39 Å². The molecule has 2 heterocycles. The van der Waals surface area contributed by atoms with Gasteiger partial charge in [-0.25, -0.2) is 4.39 Å². The Bertz CT molecular complexity index is 942. The number of aromatic nitrogens is 2. The van der Waals surface area contributed by atoms with Crippen molar-refractivity contribution in [2.45, 2.75) is 25.4 Å². The SMILES string of the molecule is COc1ccc(C2CCCN2Cc2nc(-c3ccc(F)cc3)no2)cc1OC. The fourth-order valence-electron chi connectivity index (χ4n) is 3.66. The second-order valence-corrected chi connectivity index (χ2v) is 6.76. The molecule has 1 fully saturated rings. The fraction of sp³-hybridized carbons (Fsp3) is 0.333. The molecule has 1 aliphatic rings. The van der Waals surface area contributed by atoms with Gasteiger partial charge >= 0.3 is 0 Å². The Hall–Kier alpha value is -2.93. The lowest BCUT2D eigenvalue weighted by Gasteiger charge is -2.23. The van der Waals surface area contributed by atoms with Crippen LogP contribution in [0.15, 0.2) is 47.0 Å². The summed E-state index contributed by atoms with van der Waals surface area (Å²) in [5, 5.41) is 4.03. The Morgan fingerprint density at radius 2 is 1.89 bits per heavy atom. The molecule has 1 aliphatic heterocycles. The van der Waals surface area contributed by atoms with Gasteiger partial charge in [-0.05, 0) is 61.3 Å². The molecule has 1 atom stereocenters. The lowest BCUT2D eigenvalue weighted by Crippen LogP contribution is -2.23. The van der Waals surface area contributed by atoms with Crippen LogP contribution in [0.25, 0.3) is 11.4 Å². The maximum Gasteiger partial charge on any atom is 0.241 e. The highest BCUT2D eigenvalue weighted by Gasteiger charge is 2.28. The van der Waals surface area contributed by atoms with E-state index in [-0.39, 0.29) is 11.9 Å². The van der Waals surface area contributed by atoms with E-state index in [1.165, 1.54) is 17.7 Å². The molecule has 0 saturated carbocycles. The Morgan fingerprint density at radius 1 is 1.11 bits per heavy atom. The monoisotopic (exact) mass is 383 g/mol. The maximum atomic E-state index is 13.1. The van der Waals surface area contributed by atoms with Crippen molar-refractivity contribution in [1.82, 2.24) is 15.0 Å². The van der Waals surface area contributed by atoms with Crippen molar-refractivity contribution < 1.29 is 18.4 Å². The molecule has 1 saturated heterocycles. The van der Waals surface area contributed by atoms with E-state index in [4.69, 9.17) is 14.0 Å². The second kappa shape index (κ2) is 7.98. The van der Waals surface area contributed by atoms with Gasteiger partial charge in [0.25, 0.3) is 0 Å². The molecular weight excluding hydrogens is 361 g/mol. The van der Waals surface area contributed by atoms with Crippen LogP contribution in [0, 0.1) is 5.82 Å². The van der Waals surface area contributed by atoms with E-state index in [1.807, 2.05) is 12.1 Å². The Labute approximate surface area is 162 Å². The van der Waals surface area contributed by atoms with Crippen molar-refractivity contribution >= 4 is 0 Å². The molecule has 0 radical (unpaired) electrons. The highest BCUT2D eigenvalue weighted by molar-refractivity contribution is 5.53. The fourth-order valence-corrected chi connectivity index (χ4v) is 3.66. The van der Waals surface area contributed by atoms with Crippen molar-refractivity contribution in [2.24, 2.45) is 0 Å². The van der Waals surface area contributed by atoms with Gasteiger partial charge in [-0.1, -0.05) is 11.2 Å². The minimum absolute atomic E-state index is 0.251. The summed E-state index contributed by atoms with van der Waals surface area (Å²) in [6.45, 7) is 1.51. The van der Waals surface area contributed by atoms with Crippen molar-refractivity contribution in [3.8, 4) is 22.9 Å². The summed E-state index contributed by atoms with van der Waals surface area (Å²) in [6, 6.07) is 12.4. The summed E-state index contributed by atoms with van der Waals surface area (Å²) in [5.41, 5.74) is 1.91. The third-order valence-electron chi connectivity index (χ3n) is 5.06. The molecule has 7 heteroatoms. The number of hydrogen-bond donors (Lipinski definition) is 0. The van der Waals surface area contributed by atoms with Crippen LogP contribution >= 0.6 is 0 Å². The molecule has 146 valence electrons. The summed E-state index contributed by atoms with van der Waals surface area (Å²) < 4.78 is 29.3. The summed E-state index contributed by atoms with van der Waals surface area (Å²) in [6.07, 6.45) is 2.15. The number of likely N-dealkylation sites (tertiary alicyclic amines) is 1. The molecule has 4 rings (SSSR count). The lowest BCUT2D eigenvalue weighted by molar-refractivity contribution is 0.212. The van der Waals surface area contributed by atoms with Crippen LogP contribution in [0.1, 0.15) is 30.3 Å². The zero-order valence-electron chi connectivity index (χ0n) is 15.9. The third kappa shape index (κ3) is 3.71. The quantitative estimate of drug-likeness (QED) is 0.635. The van der Waals surface area contributed by atoms with E-state index >= 15 is 0 Å². The molecule has 0 spiro atoms. The predicted octanol–water partition coefficient (Wildman–Crippen LogP) is 4.23. The van der Waals surface area contributed by atoms with Crippen molar-refractivity contribution in [3.05, 3.63) is 59.7 Å². The molecular formula is C21H22FN3O3. The third-order valence-corrected chi connectivity index (χ3v) is 5.06. The number of halogens is 1. The number of benzene rings is 2. The van der Waals surface area contributed by atoms with E-state index in [0.29, 0.717) is 18.3 Å². The van der Waals surface area contributed by atoms with E-state index < -0.39 is 0 Å². The Balaban J connectivity index is 1.51. The van der Waals surface area contributed by atoms with Gasteiger partial charge in [0.1, 0.15) is 5.82 Å². The summed E-state index contributed by atoms with van der Waals surface area (Å²) in [7, 11) is 3.27. The lowest BCUT2D eigenvalue weighted by atomic mass is 10.0. The molecule has 6 nitrogen and oxygen atoms in total. The van der Waals surface area contributed by atoms with Crippen LogP contribution in [0.2, 0.25) is 0 Å². The van der Waals surface area contributed by atoms with E-state index in [1.54, 1.807) is 26.4 Å². The molecule has 2 aromatic carbocycles. The minimum atomic E-state index is -0.290. The van der Waals surface area contributed by atoms with Crippen LogP contribution < -0.4 is 9.47 Å². The number of rotatable bonds is 6. The number of methoxy groups -OCH3 is 2. The van der Waals surface area contributed by atoms with Crippen molar-refractivity contribution in [2.75, 3.05) is 20.8 Å². The van der Waals surface area contributed by atoms with Crippen molar-refractivity contribution in [1.29, 1.82) is 0 Å². The highest BCUT2D eigenvalue weighted by Crippen LogP contribution is 2.37. The molecule has 0 bridgehead atoms. The number of hydrogen-bond acceptors (Lipinski definition) is 6. The van der Waals surface area contributed by atoms with Gasteiger partial charge in [-0.3, -0.25) is 4.90 Å². The Kier molecular flexibility index (Phi) is 5.25. The van der Waals surface area contributed by atoms with Crippen LogP contribution in [0.4, 0.5) is 4.39 Å². The first-order chi connectivity index (χ1) is 13.7. The van der Waals surface area contributed by atoms with Crippen LogP contribution in [-0.4, -0.2) is 35.8 Å². The average molecular weight is 383 g/mol. The van der Waals surface area contributed by atoms with Gasteiger partial charge in [0, 0.05) is 11.6 Å².